The van der Waals surface area contributed by atoms with Crippen LogP contribution in [0.5, 0.6) is 0 Å². The van der Waals surface area contributed by atoms with E-state index in [9.17, 15) is 13.2 Å². The number of pyridine rings is 1. The van der Waals surface area contributed by atoms with E-state index in [0.29, 0.717) is 17.0 Å². The number of aromatic nitrogens is 1. The summed E-state index contributed by atoms with van der Waals surface area (Å²) in [5.41, 5.74) is 2.45. The molecule has 0 saturated heterocycles. The highest BCUT2D eigenvalue weighted by Crippen LogP contribution is 2.47. The number of alkyl halides is 3. The first-order valence-electron chi connectivity index (χ1n) is 6.76. The lowest BCUT2D eigenvalue weighted by atomic mass is 10.0. The van der Waals surface area contributed by atoms with Gasteiger partial charge in [-0.25, -0.2) is 4.98 Å². The summed E-state index contributed by atoms with van der Waals surface area (Å²) in [7, 11) is 0. The van der Waals surface area contributed by atoms with Crippen LogP contribution in [0.4, 0.5) is 13.2 Å². The lowest BCUT2D eigenvalue weighted by Gasteiger charge is -2.22. The van der Waals surface area contributed by atoms with E-state index in [-0.39, 0.29) is 4.90 Å². The molecule has 0 fully saturated rings. The second kappa shape index (κ2) is 4.74. The first-order valence-corrected chi connectivity index (χ1v) is 7.74. The summed E-state index contributed by atoms with van der Waals surface area (Å²) in [5.74, 6) is 0.507. The van der Waals surface area contributed by atoms with Gasteiger partial charge in [-0.1, -0.05) is 30.3 Å². The third-order valence-electron chi connectivity index (χ3n) is 3.75. The minimum atomic E-state index is -4.34. The molecule has 22 heavy (non-hydrogen) atoms. The molecule has 0 unspecified atom stereocenters. The van der Waals surface area contributed by atoms with Crippen LogP contribution in [0.25, 0.3) is 22.2 Å². The first-order chi connectivity index (χ1) is 10.5. The molecule has 0 bridgehead atoms. The Morgan fingerprint density at radius 3 is 2.64 bits per heavy atom. The van der Waals surface area contributed by atoms with Crippen LogP contribution in [0.3, 0.4) is 0 Å². The predicted octanol–water partition coefficient (Wildman–Crippen LogP) is 5.53. The molecule has 1 aliphatic rings. The predicted molar refractivity (Wildman–Crippen MR) is 81.7 cm³/mol. The van der Waals surface area contributed by atoms with Gasteiger partial charge in [-0.15, -0.1) is 11.8 Å². The lowest BCUT2D eigenvalue weighted by Crippen LogP contribution is -2.10. The SMILES string of the molecule is FC(F)(F)c1cccc2c1SCc1cc3ccccc3nc1-2. The van der Waals surface area contributed by atoms with E-state index in [2.05, 4.69) is 4.98 Å². The maximum absolute atomic E-state index is 13.2. The van der Waals surface area contributed by atoms with Crippen molar-refractivity contribution in [2.75, 3.05) is 0 Å². The van der Waals surface area contributed by atoms with E-state index in [1.807, 2.05) is 30.3 Å². The van der Waals surface area contributed by atoms with Crippen LogP contribution in [-0.4, -0.2) is 4.98 Å². The Bertz CT molecular complexity index is 887. The summed E-state index contributed by atoms with van der Waals surface area (Å²) in [6.45, 7) is 0. The zero-order valence-corrected chi connectivity index (χ0v) is 12.1. The highest BCUT2D eigenvalue weighted by molar-refractivity contribution is 7.98. The largest absolute Gasteiger partial charge is 0.417 e. The van der Waals surface area contributed by atoms with Gasteiger partial charge in [0.05, 0.1) is 16.8 Å². The van der Waals surface area contributed by atoms with Crippen LogP contribution in [-0.2, 0) is 11.9 Å². The molecule has 1 aromatic heterocycles. The molecule has 0 N–H and O–H groups in total. The molecule has 0 amide bonds. The second-order valence-electron chi connectivity index (χ2n) is 5.16. The van der Waals surface area contributed by atoms with E-state index in [1.165, 1.54) is 17.8 Å². The molecule has 2 aromatic carbocycles. The van der Waals surface area contributed by atoms with Gasteiger partial charge in [0.25, 0.3) is 0 Å². The number of thioether (sulfide) groups is 1. The smallest absolute Gasteiger partial charge is 0.247 e. The van der Waals surface area contributed by atoms with Crippen molar-refractivity contribution >= 4 is 22.7 Å². The zero-order valence-electron chi connectivity index (χ0n) is 11.3. The average molecular weight is 317 g/mol. The normalized spacial score (nSPS) is 13.8. The molecule has 0 saturated carbocycles. The standard InChI is InChI=1S/C17H10F3NS/c18-17(19,20)13-6-3-5-12-15-11(9-22-16(12)13)8-10-4-1-2-7-14(10)21-15/h1-8H,9H2. The Balaban J connectivity index is 2.00. The highest BCUT2D eigenvalue weighted by Gasteiger charge is 2.36. The third kappa shape index (κ3) is 2.08. The van der Waals surface area contributed by atoms with Crippen molar-refractivity contribution in [3.05, 3.63) is 59.7 Å². The number of benzene rings is 2. The minimum Gasteiger partial charge on any atom is -0.247 e. The van der Waals surface area contributed by atoms with Crippen LogP contribution in [0.1, 0.15) is 11.1 Å². The molecule has 1 nitrogen and oxygen atoms in total. The monoisotopic (exact) mass is 317 g/mol. The van der Waals surface area contributed by atoms with Crippen LogP contribution in [0.2, 0.25) is 0 Å². The molecule has 1 aliphatic heterocycles. The summed E-state index contributed by atoms with van der Waals surface area (Å²) in [5, 5.41) is 1.01. The van der Waals surface area contributed by atoms with E-state index in [0.717, 1.165) is 22.5 Å². The van der Waals surface area contributed by atoms with Gasteiger partial charge in [-0.2, -0.15) is 13.2 Å². The maximum atomic E-state index is 13.2. The van der Waals surface area contributed by atoms with Crippen molar-refractivity contribution in [3.63, 3.8) is 0 Å². The van der Waals surface area contributed by atoms with Gasteiger partial charge in [0.2, 0.25) is 0 Å². The van der Waals surface area contributed by atoms with E-state index < -0.39 is 11.7 Å². The Morgan fingerprint density at radius 1 is 1.00 bits per heavy atom. The summed E-state index contributed by atoms with van der Waals surface area (Å²) in [6.07, 6.45) is -4.34. The van der Waals surface area contributed by atoms with E-state index in [4.69, 9.17) is 0 Å². The molecule has 5 heteroatoms. The molecule has 2 heterocycles. The zero-order chi connectivity index (χ0) is 15.3. The molecule has 0 aliphatic carbocycles. The Labute approximate surface area is 129 Å². The number of hydrogen-bond donors (Lipinski definition) is 0. The van der Waals surface area contributed by atoms with Crippen molar-refractivity contribution in [1.82, 2.24) is 4.98 Å². The Morgan fingerprint density at radius 2 is 1.82 bits per heavy atom. The lowest BCUT2D eigenvalue weighted by molar-refractivity contribution is -0.139. The number of nitrogens with zero attached hydrogens (tertiary/aromatic N) is 1. The second-order valence-corrected chi connectivity index (χ2v) is 6.14. The van der Waals surface area contributed by atoms with Gasteiger partial charge in [0, 0.05) is 21.6 Å². The fraction of sp³-hybridized carbons (Fsp3) is 0.118. The Hall–Kier alpha value is -2.01. The van der Waals surface area contributed by atoms with E-state index >= 15 is 0 Å². The fourth-order valence-electron chi connectivity index (χ4n) is 2.76. The highest BCUT2D eigenvalue weighted by atomic mass is 32.2. The maximum Gasteiger partial charge on any atom is 0.417 e. The molecule has 3 aromatic rings. The van der Waals surface area contributed by atoms with Crippen molar-refractivity contribution in [2.24, 2.45) is 0 Å². The van der Waals surface area contributed by atoms with E-state index in [1.54, 1.807) is 6.07 Å². The topological polar surface area (TPSA) is 12.9 Å². The molecular formula is C17H10F3NS. The minimum absolute atomic E-state index is 0.283. The van der Waals surface area contributed by atoms with Crippen LogP contribution >= 0.6 is 11.8 Å². The number of para-hydroxylation sites is 1. The molecule has 0 spiro atoms. The quantitative estimate of drug-likeness (QED) is 0.541. The number of rotatable bonds is 0. The van der Waals surface area contributed by atoms with Gasteiger partial charge >= 0.3 is 6.18 Å². The summed E-state index contributed by atoms with van der Waals surface area (Å²) >= 11 is 1.23. The average Bonchev–Trinajstić information content (AvgIpc) is 2.51. The van der Waals surface area contributed by atoms with Crippen molar-refractivity contribution in [1.29, 1.82) is 0 Å². The van der Waals surface area contributed by atoms with Gasteiger partial charge < -0.3 is 0 Å². The van der Waals surface area contributed by atoms with Crippen LogP contribution in [0, 0.1) is 0 Å². The third-order valence-corrected chi connectivity index (χ3v) is 4.93. The molecule has 110 valence electrons. The summed E-state index contributed by atoms with van der Waals surface area (Å²) < 4.78 is 39.5. The van der Waals surface area contributed by atoms with Crippen molar-refractivity contribution in [2.45, 2.75) is 16.8 Å². The van der Waals surface area contributed by atoms with Gasteiger partial charge in [-0.3, -0.25) is 0 Å². The number of fused-ring (bicyclic) bond motifs is 4. The van der Waals surface area contributed by atoms with Crippen molar-refractivity contribution in [3.8, 4) is 11.3 Å². The number of hydrogen-bond acceptors (Lipinski definition) is 2. The number of halogens is 3. The first kappa shape index (κ1) is 13.6. The van der Waals surface area contributed by atoms with Gasteiger partial charge in [-0.05, 0) is 23.8 Å². The summed E-state index contributed by atoms with van der Waals surface area (Å²) in [6, 6.07) is 14.0. The molecular weight excluding hydrogens is 307 g/mol. The fourth-order valence-corrected chi connectivity index (χ4v) is 3.93. The Kier molecular flexibility index (Phi) is 2.94. The van der Waals surface area contributed by atoms with Gasteiger partial charge in [0.15, 0.2) is 0 Å². The van der Waals surface area contributed by atoms with Crippen LogP contribution < -0.4 is 0 Å². The van der Waals surface area contributed by atoms with Crippen LogP contribution in [0.15, 0.2) is 53.4 Å². The summed E-state index contributed by atoms with van der Waals surface area (Å²) in [4.78, 5) is 4.88. The van der Waals surface area contributed by atoms with Gasteiger partial charge in [0.1, 0.15) is 0 Å². The van der Waals surface area contributed by atoms with Crippen molar-refractivity contribution < 1.29 is 13.2 Å². The molecule has 0 atom stereocenters. The molecule has 0 radical (unpaired) electrons. The molecule has 4 rings (SSSR count).